The molecule has 1 atom stereocenters. The molecule has 0 aromatic heterocycles. The lowest BCUT2D eigenvalue weighted by Gasteiger charge is -2.39. The highest BCUT2D eigenvalue weighted by Crippen LogP contribution is 2.36. The Kier molecular flexibility index (Phi) is 5.84. The Morgan fingerprint density at radius 3 is 2.05 bits per heavy atom. The van der Waals surface area contributed by atoms with E-state index in [-0.39, 0.29) is 23.4 Å². The quantitative estimate of drug-likeness (QED) is 0.807. The van der Waals surface area contributed by atoms with E-state index < -0.39 is 11.9 Å². The Hall–Kier alpha value is -1.26. The minimum absolute atomic E-state index is 0.0398. The Bertz CT molecular complexity index is 332. The molecule has 0 fully saturated rings. The fourth-order valence-corrected chi connectivity index (χ4v) is 1.27. The minimum Gasteiger partial charge on any atom is -0.481 e. The van der Waals surface area contributed by atoms with Crippen LogP contribution in [-0.2, 0) is 4.79 Å². The van der Waals surface area contributed by atoms with Crippen LogP contribution in [0.1, 0.15) is 41.5 Å². The summed E-state index contributed by atoms with van der Waals surface area (Å²) in [6.45, 7) is 13.0. The molecule has 19 heavy (non-hydrogen) atoms. The highest BCUT2D eigenvalue weighted by Gasteiger charge is 2.33. The molecule has 0 aliphatic rings. The third-order valence-corrected chi connectivity index (χ3v) is 4.03. The zero-order valence-corrected chi connectivity index (χ0v) is 13.2. The van der Waals surface area contributed by atoms with Gasteiger partial charge in [-0.2, -0.15) is 0 Å². The molecule has 0 radical (unpaired) electrons. The molecule has 112 valence electrons. The largest absolute Gasteiger partial charge is 0.481 e. The number of hydrogen-bond acceptors (Lipinski definition) is 2. The molecule has 0 aromatic rings. The first kappa shape index (κ1) is 17.7. The van der Waals surface area contributed by atoms with Gasteiger partial charge in [-0.15, -0.1) is 0 Å². The molecule has 0 rings (SSSR count). The predicted molar refractivity (Wildman–Crippen MR) is 76.1 cm³/mol. The number of nitrogens with zero attached hydrogens (tertiary/aromatic N) is 1. The van der Waals surface area contributed by atoms with E-state index in [4.69, 9.17) is 5.11 Å². The fourth-order valence-electron chi connectivity index (χ4n) is 1.27. The summed E-state index contributed by atoms with van der Waals surface area (Å²) in [5, 5.41) is 11.7. The smallest absolute Gasteiger partial charge is 0.317 e. The summed E-state index contributed by atoms with van der Waals surface area (Å²) in [4.78, 5) is 24.1. The second-order valence-electron chi connectivity index (χ2n) is 6.91. The standard InChI is InChI=1S/C14H28N2O3/c1-10(11(17)18)8-16(7)12(19)15-9-14(5,6)13(2,3)4/h10H,8-9H2,1-7H3,(H,15,19)(H,17,18). The Morgan fingerprint density at radius 1 is 1.21 bits per heavy atom. The third-order valence-electron chi connectivity index (χ3n) is 4.03. The SMILES string of the molecule is CC(CN(C)C(=O)NCC(C)(C)C(C)(C)C)C(=O)O. The second-order valence-corrected chi connectivity index (χ2v) is 6.91. The van der Waals surface area contributed by atoms with Crippen LogP contribution < -0.4 is 5.32 Å². The monoisotopic (exact) mass is 272 g/mol. The molecule has 1 unspecified atom stereocenters. The van der Waals surface area contributed by atoms with Crippen LogP contribution in [0.15, 0.2) is 0 Å². The topological polar surface area (TPSA) is 69.6 Å². The van der Waals surface area contributed by atoms with Crippen LogP contribution in [-0.4, -0.2) is 42.1 Å². The first-order chi connectivity index (χ1) is 8.38. The number of rotatable bonds is 5. The van der Waals surface area contributed by atoms with E-state index >= 15 is 0 Å². The van der Waals surface area contributed by atoms with E-state index in [1.165, 1.54) is 4.90 Å². The lowest BCUT2D eigenvalue weighted by atomic mass is 9.69. The van der Waals surface area contributed by atoms with E-state index in [0.717, 1.165) is 0 Å². The maximum atomic E-state index is 11.9. The van der Waals surface area contributed by atoms with Gasteiger partial charge in [0.05, 0.1) is 5.92 Å². The number of carboxylic acids is 1. The van der Waals surface area contributed by atoms with E-state index in [1.807, 2.05) is 0 Å². The predicted octanol–water partition coefficient (Wildman–Crippen LogP) is 2.42. The zero-order valence-electron chi connectivity index (χ0n) is 13.2. The van der Waals surface area contributed by atoms with E-state index in [9.17, 15) is 9.59 Å². The van der Waals surface area contributed by atoms with Crippen LogP contribution >= 0.6 is 0 Å². The average molecular weight is 272 g/mol. The van der Waals surface area contributed by atoms with Crippen molar-refractivity contribution in [2.24, 2.45) is 16.7 Å². The van der Waals surface area contributed by atoms with E-state index in [0.29, 0.717) is 6.54 Å². The van der Waals surface area contributed by atoms with Gasteiger partial charge in [0.25, 0.3) is 0 Å². The molecule has 0 aliphatic heterocycles. The van der Waals surface area contributed by atoms with Gasteiger partial charge in [0.2, 0.25) is 0 Å². The Balaban J connectivity index is 4.36. The fraction of sp³-hybridized carbons (Fsp3) is 0.857. The van der Waals surface area contributed by atoms with Gasteiger partial charge in [-0.25, -0.2) is 4.79 Å². The van der Waals surface area contributed by atoms with E-state index in [2.05, 4.69) is 39.9 Å². The molecule has 0 aliphatic carbocycles. The van der Waals surface area contributed by atoms with Gasteiger partial charge in [-0.05, 0) is 10.8 Å². The van der Waals surface area contributed by atoms with Crippen LogP contribution in [0, 0.1) is 16.7 Å². The summed E-state index contributed by atoms with van der Waals surface area (Å²) in [6, 6.07) is -0.231. The van der Waals surface area contributed by atoms with Gasteiger partial charge >= 0.3 is 12.0 Å². The third kappa shape index (κ3) is 5.49. The molecule has 0 bridgehead atoms. The van der Waals surface area contributed by atoms with Gasteiger partial charge < -0.3 is 15.3 Å². The number of urea groups is 1. The van der Waals surface area contributed by atoms with Crippen molar-refractivity contribution in [1.82, 2.24) is 10.2 Å². The number of nitrogens with one attached hydrogen (secondary N) is 1. The highest BCUT2D eigenvalue weighted by atomic mass is 16.4. The summed E-state index contributed by atoms with van der Waals surface area (Å²) in [5.41, 5.74) is 0.0368. The Labute approximate surface area is 116 Å². The molecule has 2 amide bonds. The lowest BCUT2D eigenvalue weighted by Crippen LogP contribution is -2.47. The summed E-state index contributed by atoms with van der Waals surface area (Å²) in [6.07, 6.45) is 0. The van der Waals surface area contributed by atoms with Gasteiger partial charge in [0.1, 0.15) is 0 Å². The second kappa shape index (κ2) is 6.26. The number of hydrogen-bond donors (Lipinski definition) is 2. The van der Waals surface area contributed by atoms with Gasteiger partial charge in [0, 0.05) is 20.1 Å². The van der Waals surface area contributed by atoms with E-state index in [1.54, 1.807) is 14.0 Å². The van der Waals surface area contributed by atoms with Crippen molar-refractivity contribution < 1.29 is 14.7 Å². The van der Waals surface area contributed by atoms with Crippen molar-refractivity contribution in [1.29, 1.82) is 0 Å². The van der Waals surface area contributed by atoms with Crippen molar-refractivity contribution in [3.8, 4) is 0 Å². The van der Waals surface area contributed by atoms with Gasteiger partial charge in [0.15, 0.2) is 0 Å². The number of carbonyl (C=O) groups is 2. The molecule has 0 aromatic carbocycles. The summed E-state index contributed by atoms with van der Waals surface area (Å²) < 4.78 is 0. The summed E-state index contributed by atoms with van der Waals surface area (Å²) in [7, 11) is 1.61. The molecular formula is C14H28N2O3. The molecule has 0 saturated heterocycles. The normalized spacial score (nSPS) is 13.8. The number of aliphatic carboxylic acids is 1. The first-order valence-electron chi connectivity index (χ1n) is 6.60. The minimum atomic E-state index is -0.894. The van der Waals surface area contributed by atoms with Crippen molar-refractivity contribution >= 4 is 12.0 Å². The van der Waals surface area contributed by atoms with Gasteiger partial charge in [-0.3, -0.25) is 4.79 Å². The maximum absolute atomic E-state index is 11.9. The summed E-state index contributed by atoms with van der Waals surface area (Å²) >= 11 is 0. The van der Waals surface area contributed by atoms with Crippen molar-refractivity contribution in [3.63, 3.8) is 0 Å². The van der Waals surface area contributed by atoms with Crippen LogP contribution in [0.4, 0.5) is 4.79 Å². The maximum Gasteiger partial charge on any atom is 0.317 e. The Morgan fingerprint density at radius 2 is 1.68 bits per heavy atom. The van der Waals surface area contributed by atoms with Crippen LogP contribution in [0.2, 0.25) is 0 Å². The first-order valence-corrected chi connectivity index (χ1v) is 6.60. The molecule has 5 nitrogen and oxygen atoms in total. The number of carbonyl (C=O) groups excluding carboxylic acids is 1. The van der Waals surface area contributed by atoms with Crippen molar-refractivity contribution in [2.75, 3.05) is 20.1 Å². The summed E-state index contributed by atoms with van der Waals surface area (Å²) in [5.74, 6) is -1.46. The molecular weight excluding hydrogens is 244 g/mol. The molecule has 0 heterocycles. The zero-order chi connectivity index (χ0) is 15.4. The number of carboxylic acid groups (broad SMARTS) is 1. The highest BCUT2D eigenvalue weighted by molar-refractivity contribution is 5.75. The van der Waals surface area contributed by atoms with Crippen LogP contribution in [0.5, 0.6) is 0 Å². The number of amides is 2. The molecule has 0 saturated carbocycles. The van der Waals surface area contributed by atoms with Gasteiger partial charge in [-0.1, -0.05) is 41.5 Å². The van der Waals surface area contributed by atoms with Crippen LogP contribution in [0.25, 0.3) is 0 Å². The van der Waals surface area contributed by atoms with Crippen LogP contribution in [0.3, 0.4) is 0 Å². The molecule has 5 heteroatoms. The average Bonchev–Trinajstić information content (AvgIpc) is 2.23. The van der Waals surface area contributed by atoms with Crippen molar-refractivity contribution in [3.05, 3.63) is 0 Å². The lowest BCUT2D eigenvalue weighted by molar-refractivity contribution is -0.141. The van der Waals surface area contributed by atoms with Crippen molar-refractivity contribution in [2.45, 2.75) is 41.5 Å². The molecule has 2 N–H and O–H groups in total. The molecule has 0 spiro atoms.